The number of primary amides is 1. The second kappa shape index (κ2) is 7.86. The average Bonchev–Trinajstić information content (AvgIpc) is 2.67. The van der Waals surface area contributed by atoms with E-state index in [0.29, 0.717) is 37.1 Å². The van der Waals surface area contributed by atoms with Crippen molar-refractivity contribution in [2.45, 2.75) is 12.8 Å². The summed E-state index contributed by atoms with van der Waals surface area (Å²) in [7, 11) is 0. The van der Waals surface area contributed by atoms with Crippen molar-refractivity contribution in [2.24, 2.45) is 5.73 Å². The number of allylic oxidation sites excluding steroid dienone is 1. The summed E-state index contributed by atoms with van der Waals surface area (Å²) in [6.07, 6.45) is 2.46. The van der Waals surface area contributed by atoms with Gasteiger partial charge in [0.2, 0.25) is 5.91 Å². The number of nitrogens with one attached hydrogen (secondary N) is 1. The largest absolute Gasteiger partial charge is 0.507 e. The van der Waals surface area contributed by atoms with Gasteiger partial charge in [0.15, 0.2) is 0 Å². The number of hydrogen-bond donors (Lipinski definition) is 3. The van der Waals surface area contributed by atoms with E-state index in [-0.39, 0.29) is 22.8 Å². The van der Waals surface area contributed by atoms with Crippen LogP contribution in [-0.2, 0) is 9.59 Å². The van der Waals surface area contributed by atoms with Gasteiger partial charge in [0.05, 0.1) is 5.71 Å². The van der Waals surface area contributed by atoms with Crippen molar-refractivity contribution in [3.63, 3.8) is 0 Å². The lowest BCUT2D eigenvalue weighted by molar-refractivity contribution is -0.119. The number of carbonyl (C=O) groups is 2. The van der Waals surface area contributed by atoms with Gasteiger partial charge >= 0.3 is 0 Å². The van der Waals surface area contributed by atoms with Crippen LogP contribution in [0.15, 0.2) is 54.6 Å². The molecular formula is C21H21N3O3. The first-order chi connectivity index (χ1) is 13.0. The van der Waals surface area contributed by atoms with Crippen LogP contribution in [-0.4, -0.2) is 35.6 Å². The van der Waals surface area contributed by atoms with Gasteiger partial charge in [-0.1, -0.05) is 24.3 Å². The lowest BCUT2D eigenvalue weighted by atomic mass is 9.99. The zero-order valence-corrected chi connectivity index (χ0v) is 14.8. The summed E-state index contributed by atoms with van der Waals surface area (Å²) in [5.74, 6) is -0.395. The predicted octanol–water partition coefficient (Wildman–Crippen LogP) is 2.50. The molecular weight excluding hydrogens is 342 g/mol. The molecule has 1 aliphatic heterocycles. The van der Waals surface area contributed by atoms with Crippen LogP contribution >= 0.6 is 0 Å². The van der Waals surface area contributed by atoms with E-state index in [2.05, 4.69) is 4.90 Å². The number of ketones is 1. The highest BCUT2D eigenvalue weighted by Gasteiger charge is 2.17. The number of Topliss-reactive ketones (excluding diaryl/α,β-unsaturated/α-hetero) is 1. The van der Waals surface area contributed by atoms with Gasteiger partial charge in [0.1, 0.15) is 11.5 Å². The van der Waals surface area contributed by atoms with E-state index in [0.717, 1.165) is 5.69 Å². The Morgan fingerprint density at radius 2 is 1.70 bits per heavy atom. The van der Waals surface area contributed by atoms with Crippen LogP contribution in [0, 0.1) is 5.41 Å². The number of rotatable bonds is 5. The number of anilines is 1. The molecule has 0 radical (unpaired) electrons. The highest BCUT2D eigenvalue weighted by atomic mass is 16.3. The maximum absolute atomic E-state index is 11.9. The summed E-state index contributed by atoms with van der Waals surface area (Å²) >= 11 is 0. The second-order valence-corrected chi connectivity index (χ2v) is 6.43. The molecule has 3 rings (SSSR count). The summed E-state index contributed by atoms with van der Waals surface area (Å²) < 4.78 is 0. The third-order valence-corrected chi connectivity index (χ3v) is 4.61. The molecule has 0 unspecified atom stereocenters. The molecule has 0 aliphatic carbocycles. The number of nitrogens with zero attached hydrogens (tertiary/aromatic N) is 1. The third kappa shape index (κ3) is 4.23. The molecule has 2 aromatic rings. The van der Waals surface area contributed by atoms with E-state index in [1.165, 1.54) is 12.1 Å². The smallest absolute Gasteiger partial charge is 0.249 e. The molecule has 27 heavy (non-hydrogen) atoms. The molecule has 0 bridgehead atoms. The Morgan fingerprint density at radius 1 is 1.07 bits per heavy atom. The minimum absolute atomic E-state index is 0.000481. The maximum Gasteiger partial charge on any atom is 0.249 e. The second-order valence-electron chi connectivity index (χ2n) is 6.43. The van der Waals surface area contributed by atoms with Crippen molar-refractivity contribution in [1.29, 1.82) is 5.41 Å². The van der Waals surface area contributed by atoms with Gasteiger partial charge in [0, 0.05) is 42.8 Å². The van der Waals surface area contributed by atoms with Crippen LogP contribution in [0.1, 0.15) is 24.0 Å². The number of nitrogens with two attached hydrogens (primary N) is 1. The van der Waals surface area contributed by atoms with Crippen LogP contribution in [0.4, 0.5) is 5.69 Å². The normalized spacial score (nSPS) is 14.9. The Kier molecular flexibility index (Phi) is 5.35. The fraction of sp³-hybridized carbons (Fsp3) is 0.190. The van der Waals surface area contributed by atoms with Crippen molar-refractivity contribution >= 4 is 28.7 Å². The zero-order chi connectivity index (χ0) is 19.4. The van der Waals surface area contributed by atoms with Gasteiger partial charge in [-0.05, 0) is 35.9 Å². The molecule has 4 N–H and O–H groups in total. The molecule has 0 atom stereocenters. The number of phenols is 1. The topological polar surface area (TPSA) is 107 Å². The number of carbonyl (C=O) groups excluding carboxylic acids is 2. The summed E-state index contributed by atoms with van der Waals surface area (Å²) in [4.78, 5) is 25.4. The Bertz CT molecular complexity index is 907. The van der Waals surface area contributed by atoms with E-state index in [9.17, 15) is 14.7 Å². The Morgan fingerprint density at radius 3 is 2.30 bits per heavy atom. The van der Waals surface area contributed by atoms with Crippen LogP contribution in [0.2, 0.25) is 0 Å². The maximum atomic E-state index is 11.9. The summed E-state index contributed by atoms with van der Waals surface area (Å²) in [5, 5.41) is 18.1. The van der Waals surface area contributed by atoms with Gasteiger partial charge < -0.3 is 21.1 Å². The van der Waals surface area contributed by atoms with Gasteiger partial charge in [-0.15, -0.1) is 0 Å². The Balaban J connectivity index is 1.85. The minimum atomic E-state index is -0.647. The predicted molar refractivity (Wildman–Crippen MR) is 105 cm³/mol. The molecule has 1 fully saturated rings. The first-order valence-electron chi connectivity index (χ1n) is 8.71. The third-order valence-electron chi connectivity index (χ3n) is 4.61. The molecule has 1 aliphatic rings. The highest BCUT2D eigenvalue weighted by molar-refractivity contribution is 6.26. The molecule has 0 aromatic heterocycles. The van der Waals surface area contributed by atoms with E-state index < -0.39 is 5.91 Å². The molecule has 1 amide bonds. The first-order valence-corrected chi connectivity index (χ1v) is 8.71. The van der Waals surface area contributed by atoms with Crippen molar-refractivity contribution in [3.8, 4) is 5.75 Å². The van der Waals surface area contributed by atoms with Gasteiger partial charge in [0.25, 0.3) is 0 Å². The Hall–Kier alpha value is -3.41. The van der Waals surface area contributed by atoms with Crippen LogP contribution in [0.5, 0.6) is 5.75 Å². The monoisotopic (exact) mass is 363 g/mol. The molecule has 1 saturated heterocycles. The van der Waals surface area contributed by atoms with E-state index in [4.69, 9.17) is 11.1 Å². The van der Waals surface area contributed by atoms with Gasteiger partial charge in [-0.2, -0.15) is 0 Å². The summed E-state index contributed by atoms with van der Waals surface area (Å²) in [6, 6.07) is 13.8. The minimum Gasteiger partial charge on any atom is -0.507 e. The molecule has 6 nitrogen and oxygen atoms in total. The summed E-state index contributed by atoms with van der Waals surface area (Å²) in [6.45, 7) is 1.38. The average molecular weight is 363 g/mol. The van der Waals surface area contributed by atoms with Crippen molar-refractivity contribution in [1.82, 2.24) is 0 Å². The number of hydrogen-bond acceptors (Lipinski definition) is 5. The van der Waals surface area contributed by atoms with Crippen molar-refractivity contribution in [3.05, 3.63) is 65.7 Å². The number of aromatic hydroxyl groups is 1. The quantitative estimate of drug-likeness (QED) is 0.560. The standard InChI is InChI=1S/C21H21N3O3/c22-19(17-3-1-2-4-20(17)26)13-18(21(23)27)14-5-7-15(8-6-14)24-11-9-16(25)10-12-24/h1-8,13,22,26H,9-12H2,(H2,23,27)/b18-13-,22-19?. The SMILES string of the molecule is N=C(/C=C(\C(N)=O)c1ccc(N2CCC(=O)CC2)cc1)c1ccccc1O. The fourth-order valence-electron chi connectivity index (χ4n) is 3.09. The van der Waals surface area contributed by atoms with Crippen LogP contribution in [0.3, 0.4) is 0 Å². The fourth-order valence-corrected chi connectivity index (χ4v) is 3.09. The summed E-state index contributed by atoms with van der Waals surface area (Å²) in [5.41, 5.74) is 7.61. The molecule has 138 valence electrons. The number of piperidine rings is 1. The first kappa shape index (κ1) is 18.4. The van der Waals surface area contributed by atoms with Crippen molar-refractivity contribution < 1.29 is 14.7 Å². The lowest BCUT2D eigenvalue weighted by Crippen LogP contribution is -2.33. The number of phenolic OH excluding ortho intramolecular Hbond substituents is 1. The van der Waals surface area contributed by atoms with Gasteiger partial charge in [-0.3, -0.25) is 9.59 Å². The highest BCUT2D eigenvalue weighted by Crippen LogP contribution is 2.24. The molecule has 0 saturated carbocycles. The molecule has 6 heteroatoms. The van der Waals surface area contributed by atoms with E-state index in [1.54, 1.807) is 30.3 Å². The van der Waals surface area contributed by atoms with Gasteiger partial charge in [-0.25, -0.2) is 0 Å². The van der Waals surface area contributed by atoms with Crippen molar-refractivity contribution in [2.75, 3.05) is 18.0 Å². The number of benzene rings is 2. The number of para-hydroxylation sites is 1. The molecule has 2 aromatic carbocycles. The van der Waals surface area contributed by atoms with Crippen LogP contribution < -0.4 is 10.6 Å². The molecule has 1 heterocycles. The lowest BCUT2D eigenvalue weighted by Gasteiger charge is -2.28. The van der Waals surface area contributed by atoms with E-state index in [1.807, 2.05) is 12.1 Å². The Labute approximate surface area is 157 Å². The van der Waals surface area contributed by atoms with Crippen LogP contribution in [0.25, 0.3) is 5.57 Å². The van der Waals surface area contributed by atoms with E-state index >= 15 is 0 Å². The zero-order valence-electron chi connectivity index (χ0n) is 14.8. The molecule has 0 spiro atoms. The number of amides is 1.